The van der Waals surface area contributed by atoms with E-state index in [2.05, 4.69) is 34.3 Å². The lowest BCUT2D eigenvalue weighted by atomic mass is 9.46. The molecule has 14 N–H and O–H groups in total. The average Bonchev–Trinajstić information content (AvgIpc) is 3.65. The number of hydrogen-bond donors (Lipinski definition) is 14. The van der Waals surface area contributed by atoms with E-state index in [4.69, 9.17) is 37.9 Å². The Hall–Kier alpha value is -1.73. The summed E-state index contributed by atoms with van der Waals surface area (Å²) in [5, 5.41) is 152. The zero-order valence-corrected chi connectivity index (χ0v) is 42.5. The summed E-state index contributed by atoms with van der Waals surface area (Å²) in [6.45, 7) is 9.62. The standard InChI is InChI=1S/C51H82O23/c1-20(2)21(3)6-7-22(15-52)26-14-27(56)33-23-8-9-25-34(58)29(11-13-50(25,4)24(23)10-12-51(26,33)5)68-48-42(66)44(43(32(18-55)71-48)72-46-40(64)38(62)36(60)30(16-53)69-46)73-49-45(35(59)28(57)19-67-49)74-47-41(65)39(63)37(61)31(17-54)70-47/h9,20,22-24,26,28-49,52-55,57-66H,3,6-8,10-19H2,1-2,4-5H3/t22?,23-,24?,26?,28-,29+,30?,31?,32?,33?,34-,35?,36+,37+,38?,39?,40?,41?,42?,43-,44?,45?,46+,47-,48-,49+,50-,51-/m1/s1. The van der Waals surface area contributed by atoms with Gasteiger partial charge in [0.15, 0.2) is 25.2 Å². The van der Waals surface area contributed by atoms with E-state index in [1.165, 1.54) is 0 Å². The van der Waals surface area contributed by atoms with Gasteiger partial charge in [0.2, 0.25) is 0 Å². The number of fused-ring (bicyclic) bond motifs is 5. The highest BCUT2D eigenvalue weighted by atomic mass is 16.8. The Balaban J connectivity index is 1.03. The van der Waals surface area contributed by atoms with Crippen LogP contribution in [0.1, 0.15) is 79.1 Å². The van der Waals surface area contributed by atoms with Crippen molar-refractivity contribution in [3.63, 3.8) is 0 Å². The van der Waals surface area contributed by atoms with Crippen molar-refractivity contribution in [2.75, 3.05) is 33.0 Å². The molecule has 7 fully saturated rings. The number of aliphatic hydroxyl groups excluding tert-OH is 14. The van der Waals surface area contributed by atoms with Crippen LogP contribution < -0.4 is 0 Å². The first-order valence-electron chi connectivity index (χ1n) is 26.4. The lowest BCUT2D eigenvalue weighted by molar-refractivity contribution is -0.397. The molecule has 15 unspecified atom stereocenters. The highest BCUT2D eigenvalue weighted by Crippen LogP contribution is 2.66. The van der Waals surface area contributed by atoms with Crippen LogP contribution in [0.5, 0.6) is 0 Å². The number of rotatable bonds is 17. The van der Waals surface area contributed by atoms with Gasteiger partial charge in [0, 0.05) is 18.9 Å². The third kappa shape index (κ3) is 10.7. The minimum absolute atomic E-state index is 0.00552. The quantitative estimate of drug-likeness (QED) is 0.0632. The Labute approximate surface area is 430 Å². The summed E-state index contributed by atoms with van der Waals surface area (Å²) in [5.74, 6) is 0.368. The van der Waals surface area contributed by atoms with Gasteiger partial charge in [-0.3, -0.25) is 4.79 Å². The summed E-state index contributed by atoms with van der Waals surface area (Å²) in [6, 6.07) is 0. The van der Waals surface area contributed by atoms with E-state index in [-0.39, 0.29) is 53.8 Å². The van der Waals surface area contributed by atoms with Crippen molar-refractivity contribution < 1.29 is 114 Å². The van der Waals surface area contributed by atoms with Gasteiger partial charge in [-0.15, -0.1) is 0 Å². The molecule has 8 rings (SSSR count). The van der Waals surface area contributed by atoms with E-state index in [1.807, 2.05) is 6.08 Å². The molecule has 4 heterocycles. The molecule has 0 bridgehead atoms. The molecule has 4 aliphatic heterocycles. The van der Waals surface area contributed by atoms with E-state index in [0.717, 1.165) is 36.8 Å². The molecular weight excluding hydrogens is 981 g/mol. The summed E-state index contributed by atoms with van der Waals surface area (Å²) in [6.07, 6.45) is -29.4. The van der Waals surface area contributed by atoms with Crippen LogP contribution in [0.4, 0.5) is 0 Å². The SMILES string of the molecule is C=C(CCC(CO)C1CC(=O)C2[C@@H]3CC=C4[C@@H](O)[C@@H](O[C@@H]5OC(CO)[C@@H](O[C@@H]6OC(CO)[C@H](O)C(O)C6O)C(O[C@@H]6OC[C@@H](O)C(O)C6O[C@H]6OC(CO)[C@H](O)C(O)C6O)C5O)CC[C@]4(C)C3CC[C@]12C)C(C)C. The third-order valence-corrected chi connectivity index (χ3v) is 18.5. The second-order valence-electron chi connectivity index (χ2n) is 23.0. The van der Waals surface area contributed by atoms with Crippen LogP contribution in [0.25, 0.3) is 0 Å². The van der Waals surface area contributed by atoms with Gasteiger partial charge in [0.05, 0.1) is 32.5 Å². The van der Waals surface area contributed by atoms with E-state index in [1.54, 1.807) is 0 Å². The molecule has 23 nitrogen and oxygen atoms in total. The molecule has 3 saturated carbocycles. The van der Waals surface area contributed by atoms with Crippen LogP contribution in [0.3, 0.4) is 0 Å². The van der Waals surface area contributed by atoms with E-state index >= 15 is 0 Å². The number of hydrogen-bond acceptors (Lipinski definition) is 23. The van der Waals surface area contributed by atoms with Crippen LogP contribution in [-0.2, 0) is 42.7 Å². The summed E-state index contributed by atoms with van der Waals surface area (Å²) in [5.41, 5.74) is 0.997. The number of aliphatic hydroxyl groups is 14. The van der Waals surface area contributed by atoms with Gasteiger partial charge in [0.1, 0.15) is 103 Å². The number of Topliss-reactive ketones (excluding diaryl/α,β-unsaturated/α-hetero) is 1. The maximum atomic E-state index is 14.2. The Morgan fingerprint density at radius 2 is 1.26 bits per heavy atom. The molecule has 28 atom stereocenters. The van der Waals surface area contributed by atoms with Gasteiger partial charge in [-0.05, 0) is 90.9 Å². The predicted molar refractivity (Wildman–Crippen MR) is 251 cm³/mol. The molecule has 23 heteroatoms. The molecular formula is C51H82O23. The minimum Gasteiger partial charge on any atom is -0.396 e. The minimum atomic E-state index is -1.98. The molecule has 4 aliphatic carbocycles. The zero-order valence-electron chi connectivity index (χ0n) is 42.5. The van der Waals surface area contributed by atoms with Crippen molar-refractivity contribution in [2.45, 2.75) is 208 Å². The molecule has 4 saturated heterocycles. The van der Waals surface area contributed by atoms with Gasteiger partial charge < -0.3 is 109 Å². The Kier molecular flexibility index (Phi) is 18.6. The van der Waals surface area contributed by atoms with Crippen molar-refractivity contribution in [3.8, 4) is 0 Å². The van der Waals surface area contributed by atoms with Gasteiger partial charge in [-0.2, -0.15) is 0 Å². The Morgan fingerprint density at radius 3 is 1.84 bits per heavy atom. The highest BCUT2D eigenvalue weighted by Gasteiger charge is 2.64. The van der Waals surface area contributed by atoms with Crippen molar-refractivity contribution in [1.82, 2.24) is 0 Å². The molecule has 8 aliphatic rings. The van der Waals surface area contributed by atoms with Gasteiger partial charge in [0.25, 0.3) is 0 Å². The highest BCUT2D eigenvalue weighted by molar-refractivity contribution is 5.85. The average molecular weight is 1060 g/mol. The fourth-order valence-electron chi connectivity index (χ4n) is 14.0. The number of allylic oxidation sites excluding steroid dienone is 2. The second-order valence-corrected chi connectivity index (χ2v) is 23.0. The maximum absolute atomic E-state index is 14.2. The largest absolute Gasteiger partial charge is 0.396 e. The predicted octanol–water partition coefficient (Wildman–Crippen LogP) is -3.39. The number of ether oxygens (including phenoxy) is 8. The Bertz CT molecular complexity index is 1940. The molecule has 0 amide bonds. The van der Waals surface area contributed by atoms with E-state index in [9.17, 15) is 76.3 Å². The fourth-order valence-corrected chi connectivity index (χ4v) is 14.0. The monoisotopic (exact) mass is 1060 g/mol. The lowest BCUT2D eigenvalue weighted by Crippen LogP contribution is -2.67. The van der Waals surface area contributed by atoms with Gasteiger partial charge in [-0.25, -0.2) is 0 Å². The lowest BCUT2D eigenvalue weighted by Gasteiger charge is -2.59. The summed E-state index contributed by atoms with van der Waals surface area (Å²) in [7, 11) is 0. The number of carbonyl (C=O) groups excluding carboxylic acids is 1. The molecule has 0 aromatic carbocycles. The molecule has 0 aromatic heterocycles. The molecule has 0 spiro atoms. The van der Waals surface area contributed by atoms with E-state index in [0.29, 0.717) is 25.2 Å². The first-order valence-corrected chi connectivity index (χ1v) is 26.4. The van der Waals surface area contributed by atoms with Gasteiger partial charge in [-0.1, -0.05) is 45.9 Å². The van der Waals surface area contributed by atoms with Crippen molar-refractivity contribution in [2.24, 2.45) is 46.3 Å². The van der Waals surface area contributed by atoms with Crippen LogP contribution in [0, 0.1) is 46.3 Å². The van der Waals surface area contributed by atoms with Crippen LogP contribution in [0.15, 0.2) is 23.8 Å². The van der Waals surface area contributed by atoms with Crippen LogP contribution in [0.2, 0.25) is 0 Å². The van der Waals surface area contributed by atoms with E-state index < -0.39 is 161 Å². The fraction of sp³-hybridized carbons (Fsp3) is 0.902. The molecule has 424 valence electrons. The normalized spacial score (nSPS) is 50.2. The first-order chi connectivity index (χ1) is 35.0. The maximum Gasteiger partial charge on any atom is 0.187 e. The smallest absolute Gasteiger partial charge is 0.187 e. The second kappa shape index (κ2) is 23.5. The topological polar surface area (TPSA) is 374 Å². The van der Waals surface area contributed by atoms with Gasteiger partial charge >= 0.3 is 0 Å². The first kappa shape index (κ1) is 58.4. The summed E-state index contributed by atoms with van der Waals surface area (Å²) in [4.78, 5) is 14.2. The number of ketones is 1. The van der Waals surface area contributed by atoms with Crippen molar-refractivity contribution in [3.05, 3.63) is 23.8 Å². The Morgan fingerprint density at radius 1 is 0.689 bits per heavy atom. The summed E-state index contributed by atoms with van der Waals surface area (Å²) < 4.78 is 47.7. The van der Waals surface area contributed by atoms with Crippen LogP contribution >= 0.6 is 0 Å². The third-order valence-electron chi connectivity index (χ3n) is 18.5. The molecule has 0 aromatic rings. The summed E-state index contributed by atoms with van der Waals surface area (Å²) >= 11 is 0. The van der Waals surface area contributed by atoms with Crippen LogP contribution in [-0.4, -0.2) is 239 Å². The molecule has 0 radical (unpaired) electrons. The van der Waals surface area contributed by atoms with Crippen molar-refractivity contribution >= 4 is 5.78 Å². The molecule has 74 heavy (non-hydrogen) atoms. The van der Waals surface area contributed by atoms with Crippen molar-refractivity contribution in [1.29, 1.82) is 0 Å². The number of carbonyl (C=O) groups is 1. The zero-order chi connectivity index (χ0) is 53.9.